The lowest BCUT2D eigenvalue weighted by atomic mass is 10.1. The lowest BCUT2D eigenvalue weighted by Gasteiger charge is -2.31. The van der Waals surface area contributed by atoms with Crippen LogP contribution in [0.2, 0.25) is 0 Å². The Bertz CT molecular complexity index is 979. The summed E-state index contributed by atoms with van der Waals surface area (Å²) in [5.41, 5.74) is 3.39. The Labute approximate surface area is 215 Å². The van der Waals surface area contributed by atoms with Gasteiger partial charge in [-0.1, -0.05) is 44.2 Å². The second-order valence-electron chi connectivity index (χ2n) is 10.6. The number of nitrogens with one attached hydrogen (secondary N) is 2. The molecule has 7 heteroatoms. The Morgan fingerprint density at radius 2 is 1.86 bits per heavy atom. The van der Waals surface area contributed by atoms with Crippen LogP contribution in [0.1, 0.15) is 51.5 Å². The van der Waals surface area contributed by atoms with Crippen LogP contribution in [0, 0.1) is 5.92 Å². The smallest absolute Gasteiger partial charge is 0.237 e. The van der Waals surface area contributed by atoms with Crippen molar-refractivity contribution in [3.63, 3.8) is 0 Å². The van der Waals surface area contributed by atoms with Gasteiger partial charge >= 0.3 is 0 Å². The summed E-state index contributed by atoms with van der Waals surface area (Å²) in [5, 5.41) is 6.45. The largest absolute Gasteiger partial charge is 0.355 e. The Kier molecular flexibility index (Phi) is 9.47. The molecule has 4 rings (SSSR count). The van der Waals surface area contributed by atoms with Gasteiger partial charge in [0.25, 0.3) is 0 Å². The third kappa shape index (κ3) is 7.37. The summed E-state index contributed by atoms with van der Waals surface area (Å²) in [6.07, 6.45) is 6.01. The summed E-state index contributed by atoms with van der Waals surface area (Å²) in [7, 11) is 0. The second kappa shape index (κ2) is 13.0. The molecular weight excluding hydrogens is 450 g/mol. The summed E-state index contributed by atoms with van der Waals surface area (Å²) in [5.74, 6) is 0.599. The first-order valence-electron chi connectivity index (χ1n) is 13.5. The van der Waals surface area contributed by atoms with Gasteiger partial charge in [-0.05, 0) is 55.8 Å². The summed E-state index contributed by atoms with van der Waals surface area (Å²) in [6, 6.07) is 14.5. The molecule has 2 amide bonds. The van der Waals surface area contributed by atoms with E-state index < -0.39 is 0 Å². The van der Waals surface area contributed by atoms with E-state index in [-0.39, 0.29) is 23.9 Å². The summed E-state index contributed by atoms with van der Waals surface area (Å²) < 4.78 is 0. The highest BCUT2D eigenvalue weighted by atomic mass is 16.2. The average Bonchev–Trinajstić information content (AvgIpc) is 3.36. The molecule has 3 heterocycles. The Morgan fingerprint density at radius 3 is 2.61 bits per heavy atom. The van der Waals surface area contributed by atoms with Crippen molar-refractivity contribution in [2.24, 2.45) is 5.92 Å². The zero-order chi connectivity index (χ0) is 25.3. The van der Waals surface area contributed by atoms with E-state index in [2.05, 4.69) is 58.6 Å². The number of aromatic nitrogens is 1. The van der Waals surface area contributed by atoms with E-state index in [4.69, 9.17) is 0 Å². The molecule has 0 spiro atoms. The monoisotopic (exact) mass is 491 g/mol. The van der Waals surface area contributed by atoms with Gasteiger partial charge in [0, 0.05) is 56.9 Å². The average molecular weight is 492 g/mol. The molecule has 2 atom stereocenters. The number of carbonyl (C=O) groups excluding carboxylic acids is 2. The zero-order valence-electron chi connectivity index (χ0n) is 21.8. The van der Waals surface area contributed by atoms with E-state index in [0.29, 0.717) is 31.8 Å². The first-order valence-corrected chi connectivity index (χ1v) is 13.5. The number of benzene rings is 1. The molecule has 2 aliphatic heterocycles. The van der Waals surface area contributed by atoms with Crippen molar-refractivity contribution in [2.45, 2.75) is 64.6 Å². The summed E-state index contributed by atoms with van der Waals surface area (Å²) in [4.78, 5) is 34.7. The number of nitrogens with zero attached hydrogens (tertiary/aromatic N) is 3. The van der Waals surface area contributed by atoms with Crippen molar-refractivity contribution in [1.29, 1.82) is 0 Å². The number of hydrogen-bond acceptors (Lipinski definition) is 5. The van der Waals surface area contributed by atoms with E-state index in [0.717, 1.165) is 56.7 Å². The maximum absolute atomic E-state index is 13.1. The minimum Gasteiger partial charge on any atom is -0.355 e. The van der Waals surface area contributed by atoms with Gasteiger partial charge in [-0.15, -0.1) is 0 Å². The highest BCUT2D eigenvalue weighted by Crippen LogP contribution is 2.20. The van der Waals surface area contributed by atoms with Gasteiger partial charge in [0.1, 0.15) is 0 Å². The minimum absolute atomic E-state index is 0.0654. The highest BCUT2D eigenvalue weighted by Gasteiger charge is 2.34. The molecule has 2 saturated heterocycles. The molecule has 7 nitrogen and oxygen atoms in total. The third-order valence-corrected chi connectivity index (χ3v) is 7.16. The van der Waals surface area contributed by atoms with Gasteiger partial charge in [-0.25, -0.2) is 0 Å². The molecule has 0 saturated carbocycles. The molecular formula is C29H41N5O2. The van der Waals surface area contributed by atoms with E-state index in [1.807, 2.05) is 29.3 Å². The van der Waals surface area contributed by atoms with Crippen LogP contribution in [0.15, 0.2) is 48.7 Å². The van der Waals surface area contributed by atoms with Gasteiger partial charge in [-0.3, -0.25) is 19.5 Å². The van der Waals surface area contributed by atoms with Crippen molar-refractivity contribution in [1.82, 2.24) is 25.4 Å². The fraction of sp³-hybridized carbons (Fsp3) is 0.552. The molecule has 0 radical (unpaired) electrons. The molecule has 0 unspecified atom stereocenters. The number of hydrogen-bond donors (Lipinski definition) is 2. The van der Waals surface area contributed by atoms with Gasteiger partial charge in [0.05, 0.1) is 11.7 Å². The van der Waals surface area contributed by atoms with Crippen molar-refractivity contribution in [3.05, 3.63) is 54.2 Å². The van der Waals surface area contributed by atoms with E-state index in [9.17, 15) is 9.59 Å². The van der Waals surface area contributed by atoms with Crippen LogP contribution in [-0.4, -0.2) is 71.4 Å². The van der Waals surface area contributed by atoms with Gasteiger partial charge < -0.3 is 15.5 Å². The molecule has 0 aliphatic carbocycles. The molecule has 2 fully saturated rings. The lowest BCUT2D eigenvalue weighted by Crippen LogP contribution is -2.44. The number of amides is 2. The normalized spacial score (nSPS) is 22.3. The number of rotatable bonds is 5. The predicted octanol–water partition coefficient (Wildman–Crippen LogP) is 3.46. The molecule has 2 bridgehead atoms. The van der Waals surface area contributed by atoms with Crippen molar-refractivity contribution in [2.75, 3.05) is 32.7 Å². The maximum atomic E-state index is 13.1. The van der Waals surface area contributed by atoms with Crippen molar-refractivity contribution >= 4 is 11.8 Å². The highest BCUT2D eigenvalue weighted by molar-refractivity contribution is 5.82. The Hall–Kier alpha value is -2.77. The van der Waals surface area contributed by atoms with Crippen LogP contribution in [0.4, 0.5) is 0 Å². The quantitative estimate of drug-likeness (QED) is 0.670. The van der Waals surface area contributed by atoms with E-state index >= 15 is 0 Å². The fourth-order valence-electron chi connectivity index (χ4n) is 5.23. The maximum Gasteiger partial charge on any atom is 0.237 e. The summed E-state index contributed by atoms with van der Waals surface area (Å²) in [6.45, 7) is 9.10. The molecule has 1 aromatic heterocycles. The van der Waals surface area contributed by atoms with Crippen molar-refractivity contribution in [3.8, 4) is 11.3 Å². The Balaban J connectivity index is 1.42. The molecule has 1 aromatic carbocycles. The van der Waals surface area contributed by atoms with Crippen LogP contribution in [0.5, 0.6) is 0 Å². The SMILES string of the molecule is CC(C)CC(=O)N1CCCN(Cc2ccc(-c3ccccn3)cc2)CCCCNC(=O)[C@@H]2C[C@H]1CN2. The number of fused-ring (bicyclic) bond motifs is 2. The molecule has 36 heavy (non-hydrogen) atoms. The molecule has 2 N–H and O–H groups in total. The van der Waals surface area contributed by atoms with Crippen LogP contribution < -0.4 is 10.6 Å². The van der Waals surface area contributed by atoms with E-state index in [1.54, 1.807) is 0 Å². The fourth-order valence-corrected chi connectivity index (χ4v) is 5.23. The second-order valence-corrected chi connectivity index (χ2v) is 10.6. The van der Waals surface area contributed by atoms with Crippen molar-refractivity contribution < 1.29 is 9.59 Å². The lowest BCUT2D eigenvalue weighted by molar-refractivity contribution is -0.134. The molecule has 2 aromatic rings. The first kappa shape index (κ1) is 26.3. The Morgan fingerprint density at radius 1 is 1.06 bits per heavy atom. The van der Waals surface area contributed by atoms with E-state index in [1.165, 1.54) is 5.56 Å². The first-order chi connectivity index (χ1) is 17.5. The van der Waals surface area contributed by atoms with Gasteiger partial charge in [0.2, 0.25) is 11.8 Å². The molecule has 194 valence electrons. The minimum atomic E-state index is -0.196. The summed E-state index contributed by atoms with van der Waals surface area (Å²) >= 11 is 0. The number of pyridine rings is 1. The number of carbonyl (C=O) groups is 2. The van der Waals surface area contributed by atoms with Gasteiger partial charge in [0.15, 0.2) is 0 Å². The van der Waals surface area contributed by atoms with Crippen LogP contribution in [0.25, 0.3) is 11.3 Å². The standard InChI is InChI=1S/C29H41N5O2/c1-22(2)18-28(35)34-17-7-16-33(15-6-5-14-31-29(36)27-19-25(34)20-32-27)21-23-9-11-24(12-10-23)26-8-3-4-13-30-26/h3-4,8-13,22,25,27,32H,5-7,14-21H2,1-2H3,(H,31,36)/t25-,27-/m0/s1. The van der Waals surface area contributed by atoms with Gasteiger partial charge in [-0.2, -0.15) is 0 Å². The predicted molar refractivity (Wildman–Crippen MR) is 143 cm³/mol. The van der Waals surface area contributed by atoms with Crippen LogP contribution in [0.3, 0.4) is 0 Å². The molecule has 2 aliphatic rings. The van der Waals surface area contributed by atoms with Crippen LogP contribution in [-0.2, 0) is 16.1 Å². The zero-order valence-corrected chi connectivity index (χ0v) is 21.8. The third-order valence-electron chi connectivity index (χ3n) is 7.16. The van der Waals surface area contributed by atoms with Crippen LogP contribution >= 0.6 is 0 Å². The topological polar surface area (TPSA) is 77.6 Å².